The lowest BCUT2D eigenvalue weighted by Crippen LogP contribution is -2.35. The van der Waals surface area contributed by atoms with Crippen LogP contribution in [0, 0.1) is 0 Å². The van der Waals surface area contributed by atoms with Crippen LogP contribution in [0.1, 0.15) is 6.42 Å². The largest absolute Gasteiger partial charge is 0.344 e. The van der Waals surface area contributed by atoms with Crippen molar-refractivity contribution in [1.82, 2.24) is 20.0 Å². The Morgan fingerprint density at radius 3 is 2.64 bits per heavy atom. The van der Waals surface area contributed by atoms with Crippen molar-refractivity contribution < 1.29 is 4.79 Å². The second-order valence-electron chi connectivity index (χ2n) is 5.11. The topological polar surface area (TPSA) is 87.2 Å². The van der Waals surface area contributed by atoms with Gasteiger partial charge in [-0.1, -0.05) is 12.1 Å². The molecular formula is C15H20N4O3. The molecule has 0 aliphatic rings. The van der Waals surface area contributed by atoms with Gasteiger partial charge in [-0.3, -0.25) is 19.5 Å². The number of nitrogens with one attached hydrogen (secondary N) is 2. The van der Waals surface area contributed by atoms with Crippen molar-refractivity contribution in [1.29, 1.82) is 0 Å². The fourth-order valence-corrected chi connectivity index (χ4v) is 2.21. The Kier molecular flexibility index (Phi) is 5.11. The van der Waals surface area contributed by atoms with E-state index in [1.54, 1.807) is 36.2 Å². The van der Waals surface area contributed by atoms with E-state index in [4.69, 9.17) is 0 Å². The van der Waals surface area contributed by atoms with Crippen LogP contribution in [0.5, 0.6) is 0 Å². The van der Waals surface area contributed by atoms with Gasteiger partial charge in [-0.25, -0.2) is 4.68 Å². The molecule has 0 unspecified atom stereocenters. The van der Waals surface area contributed by atoms with Gasteiger partial charge in [0, 0.05) is 26.6 Å². The number of fused-ring (bicyclic) bond motifs is 1. The molecule has 0 spiro atoms. The summed E-state index contributed by atoms with van der Waals surface area (Å²) < 4.78 is 1.20. The minimum absolute atomic E-state index is 0.0730. The fourth-order valence-electron chi connectivity index (χ4n) is 2.21. The van der Waals surface area contributed by atoms with E-state index in [9.17, 15) is 14.4 Å². The molecule has 22 heavy (non-hydrogen) atoms. The van der Waals surface area contributed by atoms with Crippen molar-refractivity contribution in [2.75, 3.05) is 27.2 Å². The molecule has 2 aromatic rings. The third-order valence-corrected chi connectivity index (χ3v) is 3.56. The van der Waals surface area contributed by atoms with Crippen LogP contribution < -0.4 is 16.4 Å². The number of carbonyl (C=O) groups is 1. The normalized spacial score (nSPS) is 10.8. The molecule has 1 heterocycles. The lowest BCUT2D eigenvalue weighted by atomic mass is 10.2. The zero-order chi connectivity index (χ0) is 16.1. The van der Waals surface area contributed by atoms with E-state index in [2.05, 4.69) is 10.4 Å². The highest BCUT2D eigenvalue weighted by Crippen LogP contribution is 2.02. The second-order valence-corrected chi connectivity index (χ2v) is 5.11. The second kappa shape index (κ2) is 7.04. The highest BCUT2D eigenvalue weighted by molar-refractivity contribution is 5.80. The SMILES string of the molecule is CNCCN(C)C(=O)CCn1[nH]c(=O)c2ccccc2c1=O. The smallest absolute Gasteiger partial charge is 0.273 e. The molecule has 0 radical (unpaired) electrons. The van der Waals surface area contributed by atoms with Crippen molar-refractivity contribution in [2.45, 2.75) is 13.0 Å². The van der Waals surface area contributed by atoms with Gasteiger partial charge in [0.2, 0.25) is 5.91 Å². The molecule has 7 heteroatoms. The van der Waals surface area contributed by atoms with Crippen LogP contribution in [0.15, 0.2) is 33.9 Å². The van der Waals surface area contributed by atoms with Gasteiger partial charge in [-0.15, -0.1) is 0 Å². The van der Waals surface area contributed by atoms with Gasteiger partial charge in [0.25, 0.3) is 11.1 Å². The van der Waals surface area contributed by atoms with Gasteiger partial charge < -0.3 is 10.2 Å². The number of hydrogen-bond donors (Lipinski definition) is 2. The molecule has 0 saturated heterocycles. The summed E-state index contributed by atoms with van der Waals surface area (Å²) in [7, 11) is 3.53. The third kappa shape index (κ3) is 3.43. The van der Waals surface area contributed by atoms with Gasteiger partial charge in [-0.2, -0.15) is 0 Å². The standard InChI is InChI=1S/C15H20N4O3/c1-16-8-10-18(2)13(20)7-9-19-15(22)12-6-4-3-5-11(12)14(21)17-19/h3-6,16H,7-10H2,1-2H3,(H,17,21). The Morgan fingerprint density at radius 1 is 1.27 bits per heavy atom. The molecule has 0 aliphatic carbocycles. The number of hydrogen-bond acceptors (Lipinski definition) is 4. The Bertz CT molecular complexity index is 778. The zero-order valence-corrected chi connectivity index (χ0v) is 12.8. The van der Waals surface area contributed by atoms with Crippen LogP contribution >= 0.6 is 0 Å². The predicted octanol–water partition coefficient (Wildman–Crippen LogP) is -0.242. The van der Waals surface area contributed by atoms with Crippen molar-refractivity contribution in [2.24, 2.45) is 0 Å². The summed E-state index contributed by atoms with van der Waals surface area (Å²) in [5.41, 5.74) is -0.618. The van der Waals surface area contributed by atoms with E-state index in [0.29, 0.717) is 23.9 Å². The summed E-state index contributed by atoms with van der Waals surface area (Å²) in [4.78, 5) is 37.8. The van der Waals surface area contributed by atoms with Crippen molar-refractivity contribution in [3.8, 4) is 0 Å². The van der Waals surface area contributed by atoms with Crippen LogP contribution in [0.2, 0.25) is 0 Å². The molecule has 0 aliphatic heterocycles. The summed E-state index contributed by atoms with van der Waals surface area (Å²) in [6, 6.07) is 6.65. The lowest BCUT2D eigenvalue weighted by molar-refractivity contribution is -0.130. The summed E-state index contributed by atoms with van der Waals surface area (Å²) >= 11 is 0. The molecule has 1 aromatic carbocycles. The maximum Gasteiger partial charge on any atom is 0.273 e. The van der Waals surface area contributed by atoms with Gasteiger partial charge in [0.15, 0.2) is 0 Å². The summed E-state index contributed by atoms with van der Waals surface area (Å²) in [6.45, 7) is 1.45. The molecule has 0 atom stereocenters. The Labute approximate surface area is 127 Å². The zero-order valence-electron chi connectivity index (χ0n) is 12.8. The molecule has 1 aromatic heterocycles. The van der Waals surface area contributed by atoms with Crippen LogP contribution in [-0.4, -0.2) is 47.8 Å². The van der Waals surface area contributed by atoms with Gasteiger partial charge in [-0.05, 0) is 19.2 Å². The predicted molar refractivity (Wildman–Crippen MR) is 85.0 cm³/mol. The molecule has 1 amide bonds. The Balaban J connectivity index is 2.16. The average Bonchev–Trinajstić information content (AvgIpc) is 2.54. The number of nitrogens with zero attached hydrogens (tertiary/aromatic N) is 2. The van der Waals surface area contributed by atoms with E-state index in [1.807, 2.05) is 7.05 Å². The minimum Gasteiger partial charge on any atom is -0.344 e. The molecule has 118 valence electrons. The molecular weight excluding hydrogens is 284 g/mol. The fraction of sp³-hybridized carbons (Fsp3) is 0.400. The molecule has 0 bridgehead atoms. The number of aromatic nitrogens is 2. The first-order chi connectivity index (χ1) is 10.5. The third-order valence-electron chi connectivity index (χ3n) is 3.56. The van der Waals surface area contributed by atoms with Crippen LogP contribution in [-0.2, 0) is 11.3 Å². The first kappa shape index (κ1) is 16.0. The summed E-state index contributed by atoms with van der Waals surface area (Å²) in [5.74, 6) is -0.0730. The minimum atomic E-state index is -0.328. The number of rotatable bonds is 6. The maximum absolute atomic E-state index is 12.3. The Morgan fingerprint density at radius 2 is 1.95 bits per heavy atom. The molecule has 0 saturated carbocycles. The van der Waals surface area contributed by atoms with Crippen molar-refractivity contribution in [3.63, 3.8) is 0 Å². The quantitative estimate of drug-likeness (QED) is 0.771. The number of aromatic amines is 1. The van der Waals surface area contributed by atoms with E-state index < -0.39 is 0 Å². The molecule has 0 fully saturated rings. The number of H-pyrrole nitrogens is 1. The monoisotopic (exact) mass is 304 g/mol. The van der Waals surface area contributed by atoms with Gasteiger partial charge >= 0.3 is 0 Å². The van der Waals surface area contributed by atoms with Crippen LogP contribution in [0.3, 0.4) is 0 Å². The highest BCUT2D eigenvalue weighted by atomic mass is 16.2. The molecule has 7 nitrogen and oxygen atoms in total. The molecule has 2 N–H and O–H groups in total. The van der Waals surface area contributed by atoms with E-state index in [1.165, 1.54) is 4.68 Å². The van der Waals surface area contributed by atoms with Crippen LogP contribution in [0.25, 0.3) is 10.8 Å². The number of benzene rings is 1. The first-order valence-electron chi connectivity index (χ1n) is 7.15. The average molecular weight is 304 g/mol. The van der Waals surface area contributed by atoms with Crippen molar-refractivity contribution >= 4 is 16.7 Å². The lowest BCUT2D eigenvalue weighted by Gasteiger charge is -2.17. The van der Waals surface area contributed by atoms with E-state index in [0.717, 1.165) is 0 Å². The number of carbonyl (C=O) groups excluding carboxylic acids is 1. The van der Waals surface area contributed by atoms with Gasteiger partial charge in [0.1, 0.15) is 0 Å². The highest BCUT2D eigenvalue weighted by Gasteiger charge is 2.11. The molecule has 2 rings (SSSR count). The Hall–Kier alpha value is -2.41. The number of aryl methyl sites for hydroxylation is 1. The summed E-state index contributed by atoms with van der Waals surface area (Å²) in [5, 5.41) is 6.21. The van der Waals surface area contributed by atoms with Crippen LogP contribution in [0.4, 0.5) is 0 Å². The number of amides is 1. The van der Waals surface area contributed by atoms with E-state index >= 15 is 0 Å². The van der Waals surface area contributed by atoms with E-state index in [-0.39, 0.29) is 30.0 Å². The maximum atomic E-state index is 12.3. The van der Waals surface area contributed by atoms with Gasteiger partial charge in [0.05, 0.1) is 17.3 Å². The number of likely N-dealkylation sites (N-methyl/N-ethyl adjacent to an activating group) is 2. The van der Waals surface area contributed by atoms with Crippen molar-refractivity contribution in [3.05, 3.63) is 45.0 Å². The first-order valence-corrected chi connectivity index (χ1v) is 7.15. The summed E-state index contributed by atoms with van der Waals surface area (Å²) in [6.07, 6.45) is 0.161.